The van der Waals surface area contributed by atoms with E-state index in [2.05, 4.69) is 0 Å². The van der Waals surface area contributed by atoms with Crippen LogP contribution >= 0.6 is 0 Å². The lowest BCUT2D eigenvalue weighted by Crippen LogP contribution is -2.07. The molecule has 0 heterocycles. The van der Waals surface area contributed by atoms with Gasteiger partial charge in [-0.15, -0.1) is 0 Å². The second kappa shape index (κ2) is 4.93. The van der Waals surface area contributed by atoms with Crippen molar-refractivity contribution in [3.05, 3.63) is 47.1 Å². The summed E-state index contributed by atoms with van der Waals surface area (Å²) in [5.74, 6) is -3.37. The van der Waals surface area contributed by atoms with Crippen LogP contribution in [0, 0.1) is 17.5 Å². The molecule has 1 nitrogen and oxygen atoms in total. The minimum absolute atomic E-state index is 0.0684. The third-order valence-electron chi connectivity index (χ3n) is 1.90. The monoisotopic (exact) mass is 219 g/mol. The van der Waals surface area contributed by atoms with Crippen LogP contribution in [0.4, 0.5) is 17.6 Å². The number of nitrogens with two attached hydrogens (primary N) is 1. The number of rotatable bonds is 3. The zero-order valence-electron chi connectivity index (χ0n) is 7.74. The fraction of sp³-hybridized carbons (Fsp3) is 0.200. The summed E-state index contributed by atoms with van der Waals surface area (Å²) < 4.78 is 50.7. The summed E-state index contributed by atoms with van der Waals surface area (Å²) in [6, 6.07) is 1.25. The van der Waals surface area contributed by atoms with Gasteiger partial charge < -0.3 is 5.73 Å². The third-order valence-corrected chi connectivity index (χ3v) is 1.90. The van der Waals surface area contributed by atoms with E-state index in [1.54, 1.807) is 0 Å². The molecule has 0 atom stereocenters. The van der Waals surface area contributed by atoms with E-state index in [1.807, 2.05) is 0 Å². The van der Waals surface area contributed by atoms with Gasteiger partial charge in [0.2, 0.25) is 0 Å². The predicted molar refractivity (Wildman–Crippen MR) is 48.3 cm³/mol. The molecule has 1 aromatic carbocycles. The summed E-state index contributed by atoms with van der Waals surface area (Å²) in [6.45, 7) is -0.131. The molecule has 0 radical (unpaired) electrons. The van der Waals surface area contributed by atoms with Gasteiger partial charge in [0.05, 0.1) is 6.33 Å². The van der Waals surface area contributed by atoms with Crippen LogP contribution < -0.4 is 5.73 Å². The Morgan fingerprint density at radius 3 is 2.47 bits per heavy atom. The second-order valence-electron chi connectivity index (χ2n) is 3.01. The molecule has 1 aromatic rings. The van der Waals surface area contributed by atoms with Gasteiger partial charge in [-0.1, -0.05) is 0 Å². The first-order valence-corrected chi connectivity index (χ1v) is 4.20. The summed E-state index contributed by atoms with van der Waals surface area (Å²) in [5, 5.41) is 0. The van der Waals surface area contributed by atoms with Crippen molar-refractivity contribution in [3.63, 3.8) is 0 Å². The first-order chi connectivity index (χ1) is 7.08. The Kier molecular flexibility index (Phi) is 3.85. The fourth-order valence-corrected chi connectivity index (χ4v) is 1.14. The van der Waals surface area contributed by atoms with Gasteiger partial charge in [0.15, 0.2) is 11.6 Å². The molecule has 0 aromatic heterocycles. The van der Waals surface area contributed by atoms with Crippen LogP contribution in [0.2, 0.25) is 0 Å². The molecule has 0 aliphatic rings. The molecule has 0 aliphatic heterocycles. The number of hydrogen-bond donors (Lipinski definition) is 1. The first kappa shape index (κ1) is 11.7. The fourth-order valence-electron chi connectivity index (χ4n) is 1.14. The molecular formula is C10H9F4N. The molecule has 0 fully saturated rings. The highest BCUT2D eigenvalue weighted by atomic mass is 19.2. The molecule has 82 valence electrons. The van der Waals surface area contributed by atoms with E-state index in [0.717, 1.165) is 6.07 Å². The zero-order chi connectivity index (χ0) is 11.4. The molecule has 0 bridgehead atoms. The quantitative estimate of drug-likeness (QED) is 0.613. The van der Waals surface area contributed by atoms with Crippen molar-refractivity contribution in [2.45, 2.75) is 6.42 Å². The van der Waals surface area contributed by atoms with Crippen LogP contribution in [0.15, 0.2) is 24.0 Å². The van der Waals surface area contributed by atoms with Crippen LogP contribution in [0.3, 0.4) is 0 Å². The molecule has 1 rings (SSSR count). The lowest BCUT2D eigenvalue weighted by molar-refractivity contribution is 0.486. The maximum absolute atomic E-state index is 13.1. The van der Waals surface area contributed by atoms with Crippen molar-refractivity contribution in [1.82, 2.24) is 0 Å². The van der Waals surface area contributed by atoms with Gasteiger partial charge in [0.1, 0.15) is 5.82 Å². The minimum atomic E-state index is -1.29. The van der Waals surface area contributed by atoms with Crippen molar-refractivity contribution in [2.75, 3.05) is 6.54 Å². The summed E-state index contributed by atoms with van der Waals surface area (Å²) in [4.78, 5) is 0. The molecule has 0 amide bonds. The Labute approximate surface area is 84.2 Å². The highest BCUT2D eigenvalue weighted by molar-refractivity contribution is 5.25. The summed E-state index contributed by atoms with van der Waals surface area (Å²) in [7, 11) is 0. The maximum atomic E-state index is 13.1. The Bertz CT molecular complexity index is 387. The smallest absolute Gasteiger partial charge is 0.162 e. The van der Waals surface area contributed by atoms with E-state index in [4.69, 9.17) is 5.73 Å². The largest absolute Gasteiger partial charge is 0.327 e. The average molecular weight is 219 g/mol. The second-order valence-corrected chi connectivity index (χ2v) is 3.01. The van der Waals surface area contributed by atoms with Crippen LogP contribution in [0.1, 0.15) is 5.56 Å². The van der Waals surface area contributed by atoms with Gasteiger partial charge in [-0.05, 0) is 17.2 Å². The Morgan fingerprint density at radius 1 is 1.27 bits per heavy atom. The molecule has 0 unspecified atom stereocenters. The number of halogens is 4. The number of hydrogen-bond acceptors (Lipinski definition) is 1. The van der Waals surface area contributed by atoms with Crippen LogP contribution in [0.25, 0.3) is 0 Å². The summed E-state index contributed by atoms with van der Waals surface area (Å²) >= 11 is 0. The van der Waals surface area contributed by atoms with Crippen molar-refractivity contribution < 1.29 is 17.6 Å². The van der Waals surface area contributed by atoms with E-state index in [-0.39, 0.29) is 30.4 Å². The molecule has 0 spiro atoms. The summed E-state index contributed by atoms with van der Waals surface area (Å²) in [5.41, 5.74) is 4.96. The van der Waals surface area contributed by atoms with Gasteiger partial charge in [-0.3, -0.25) is 0 Å². The SMILES string of the molecule is NC/C(=C\F)Cc1cc(F)cc(F)c1F. The van der Waals surface area contributed by atoms with Gasteiger partial charge in [0.25, 0.3) is 0 Å². The summed E-state index contributed by atoms with van der Waals surface area (Å²) in [6.07, 6.45) is -0.0320. The third kappa shape index (κ3) is 2.79. The topological polar surface area (TPSA) is 26.0 Å². The number of benzene rings is 1. The van der Waals surface area contributed by atoms with Crippen LogP contribution in [0.5, 0.6) is 0 Å². The van der Waals surface area contributed by atoms with Gasteiger partial charge >= 0.3 is 0 Å². The molecular weight excluding hydrogens is 210 g/mol. The molecule has 0 saturated heterocycles. The minimum Gasteiger partial charge on any atom is -0.327 e. The van der Waals surface area contributed by atoms with E-state index in [9.17, 15) is 17.6 Å². The highest BCUT2D eigenvalue weighted by Gasteiger charge is 2.12. The van der Waals surface area contributed by atoms with Gasteiger partial charge in [-0.25, -0.2) is 17.6 Å². The molecule has 0 saturated carbocycles. The van der Waals surface area contributed by atoms with Gasteiger partial charge in [-0.2, -0.15) is 0 Å². The molecule has 0 aliphatic carbocycles. The Morgan fingerprint density at radius 2 is 1.93 bits per heavy atom. The van der Waals surface area contributed by atoms with E-state index in [1.165, 1.54) is 0 Å². The zero-order valence-corrected chi connectivity index (χ0v) is 7.74. The Hall–Kier alpha value is -1.36. The van der Waals surface area contributed by atoms with E-state index < -0.39 is 17.5 Å². The lowest BCUT2D eigenvalue weighted by atomic mass is 10.1. The average Bonchev–Trinajstić information content (AvgIpc) is 2.21. The standard InChI is InChI=1S/C10H9F4N/c11-4-6(5-15)1-7-2-8(12)3-9(13)10(7)14/h2-4H,1,5,15H2/b6-4-. The maximum Gasteiger partial charge on any atom is 0.162 e. The molecule has 2 N–H and O–H groups in total. The van der Waals surface area contributed by atoms with Crippen molar-refractivity contribution >= 4 is 0 Å². The molecule has 15 heavy (non-hydrogen) atoms. The van der Waals surface area contributed by atoms with Crippen molar-refractivity contribution in [1.29, 1.82) is 0 Å². The Balaban J connectivity index is 3.04. The van der Waals surface area contributed by atoms with E-state index >= 15 is 0 Å². The van der Waals surface area contributed by atoms with Crippen molar-refractivity contribution in [2.24, 2.45) is 5.73 Å². The van der Waals surface area contributed by atoms with Crippen molar-refractivity contribution in [3.8, 4) is 0 Å². The van der Waals surface area contributed by atoms with Crippen LogP contribution in [-0.4, -0.2) is 6.54 Å². The normalized spacial score (nSPS) is 11.9. The van der Waals surface area contributed by atoms with E-state index in [0.29, 0.717) is 6.07 Å². The van der Waals surface area contributed by atoms with Gasteiger partial charge in [0, 0.05) is 19.0 Å². The van der Waals surface area contributed by atoms with Crippen LogP contribution in [-0.2, 0) is 6.42 Å². The highest BCUT2D eigenvalue weighted by Crippen LogP contribution is 2.17. The predicted octanol–water partition coefficient (Wildman–Crippen LogP) is 2.46. The first-order valence-electron chi connectivity index (χ1n) is 4.20. The lowest BCUT2D eigenvalue weighted by Gasteiger charge is -2.05. The molecule has 5 heteroatoms.